The number of aliphatic carboxylic acids is 1. The van der Waals surface area contributed by atoms with E-state index in [1.807, 2.05) is 6.07 Å². The van der Waals surface area contributed by atoms with Crippen LogP contribution >= 0.6 is 11.8 Å². The van der Waals surface area contributed by atoms with E-state index in [9.17, 15) is 18.0 Å². The highest BCUT2D eigenvalue weighted by Crippen LogP contribution is 2.36. The van der Waals surface area contributed by atoms with Gasteiger partial charge in [0.1, 0.15) is 11.9 Å². The molecule has 0 bridgehead atoms. The molecule has 1 aliphatic heterocycles. The van der Waals surface area contributed by atoms with Crippen LogP contribution in [0.2, 0.25) is 0 Å². The molecule has 2 heterocycles. The number of rotatable bonds is 4. The topological polar surface area (TPSA) is 65.5 Å². The monoisotopic (exact) mass is 397 g/mol. The number of carboxylic acid groups (broad SMARTS) is 1. The first-order valence-corrected chi connectivity index (χ1v) is 9.17. The van der Waals surface area contributed by atoms with Crippen LogP contribution in [-0.2, 0) is 11.0 Å². The molecular weight excluding hydrogens is 379 g/mol. The van der Waals surface area contributed by atoms with Gasteiger partial charge in [-0.25, -0.2) is 4.98 Å². The molecule has 1 fully saturated rings. The molecule has 1 aromatic carbocycles. The smallest absolute Gasteiger partial charge is 0.416 e. The maximum Gasteiger partial charge on any atom is 0.416 e. The maximum absolute atomic E-state index is 13.3. The van der Waals surface area contributed by atoms with E-state index in [0.717, 1.165) is 17.7 Å². The molecule has 3 rings (SSSR count). The maximum atomic E-state index is 13.3. The van der Waals surface area contributed by atoms with Crippen LogP contribution in [0.3, 0.4) is 0 Å². The van der Waals surface area contributed by atoms with Gasteiger partial charge in [0.15, 0.2) is 0 Å². The number of benzene rings is 1. The number of thioether (sulfide) groups is 1. The van der Waals surface area contributed by atoms with E-state index in [2.05, 4.69) is 10.3 Å². The quantitative estimate of drug-likeness (QED) is 0.822. The molecule has 9 heteroatoms. The van der Waals surface area contributed by atoms with E-state index in [1.54, 1.807) is 32.3 Å². The van der Waals surface area contributed by atoms with Gasteiger partial charge >= 0.3 is 12.1 Å². The molecule has 144 valence electrons. The Morgan fingerprint density at radius 2 is 2.04 bits per heavy atom. The van der Waals surface area contributed by atoms with Crippen molar-refractivity contribution >= 4 is 23.5 Å². The van der Waals surface area contributed by atoms with Gasteiger partial charge in [-0.3, -0.25) is 10.1 Å². The highest BCUT2D eigenvalue weighted by molar-refractivity contribution is 7.99. The van der Waals surface area contributed by atoms with E-state index in [1.165, 1.54) is 16.7 Å². The third-order valence-electron chi connectivity index (χ3n) is 4.16. The van der Waals surface area contributed by atoms with Crippen molar-refractivity contribution in [2.45, 2.75) is 17.6 Å². The van der Waals surface area contributed by atoms with Crippen LogP contribution in [-0.4, -0.2) is 41.9 Å². The molecule has 5 nitrogen and oxygen atoms in total. The summed E-state index contributed by atoms with van der Waals surface area (Å²) in [7, 11) is 3.27. The average Bonchev–Trinajstić information content (AvgIpc) is 3.11. The molecule has 0 aliphatic carbocycles. The molecule has 1 aromatic heterocycles. The molecule has 0 spiro atoms. The molecule has 1 unspecified atom stereocenters. The van der Waals surface area contributed by atoms with Crippen LogP contribution in [0.25, 0.3) is 11.3 Å². The van der Waals surface area contributed by atoms with Gasteiger partial charge in [0.2, 0.25) is 0 Å². The summed E-state index contributed by atoms with van der Waals surface area (Å²) in [5.41, 5.74) is 0.795. The lowest BCUT2D eigenvalue weighted by Crippen LogP contribution is -2.33. The molecule has 1 saturated heterocycles. The van der Waals surface area contributed by atoms with E-state index < -0.39 is 23.8 Å². The van der Waals surface area contributed by atoms with Crippen molar-refractivity contribution in [2.75, 3.05) is 24.7 Å². The van der Waals surface area contributed by atoms with E-state index >= 15 is 0 Å². The Labute approximate surface area is 158 Å². The lowest BCUT2D eigenvalue weighted by Gasteiger charge is -2.17. The lowest BCUT2D eigenvalue weighted by molar-refractivity contribution is -0.139. The van der Waals surface area contributed by atoms with Crippen molar-refractivity contribution in [3.8, 4) is 11.3 Å². The number of pyridine rings is 1. The Morgan fingerprint density at radius 3 is 2.63 bits per heavy atom. The summed E-state index contributed by atoms with van der Waals surface area (Å²) in [6, 6.07) is 8.39. The first-order valence-electron chi connectivity index (χ1n) is 8.12. The molecule has 0 saturated carbocycles. The van der Waals surface area contributed by atoms with E-state index in [4.69, 9.17) is 5.11 Å². The second kappa shape index (κ2) is 7.40. The van der Waals surface area contributed by atoms with Crippen molar-refractivity contribution in [3.63, 3.8) is 0 Å². The Balaban J connectivity index is 1.97. The van der Waals surface area contributed by atoms with Crippen molar-refractivity contribution < 1.29 is 23.1 Å². The molecular formula is C18H18F3N3O2S. The summed E-state index contributed by atoms with van der Waals surface area (Å²) in [5, 5.41) is 11.9. The summed E-state index contributed by atoms with van der Waals surface area (Å²) in [5.74, 6) is -0.280. The Bertz CT molecular complexity index is 858. The standard InChI is InChI=1S/C18H18F3N3O2S/c1-24(2)15-8-12(18(19,20)21)7-13(22-15)10-4-3-5-11(6-10)16-23-14(9-27-16)17(25)26/h3-8,14,16,23H,9H2,1-2H3,(H,25,26)/t14-,16?/m0/s1. The number of halogens is 3. The van der Waals surface area contributed by atoms with Crippen LogP contribution in [0, 0.1) is 0 Å². The number of hydrogen-bond donors (Lipinski definition) is 2. The van der Waals surface area contributed by atoms with Crippen LogP contribution in [0.1, 0.15) is 16.5 Å². The lowest BCUT2D eigenvalue weighted by atomic mass is 10.0. The fourth-order valence-corrected chi connectivity index (χ4v) is 3.95. The number of aromatic nitrogens is 1. The van der Waals surface area contributed by atoms with Gasteiger partial charge in [-0.15, -0.1) is 11.8 Å². The van der Waals surface area contributed by atoms with Gasteiger partial charge in [-0.2, -0.15) is 13.2 Å². The summed E-state index contributed by atoms with van der Waals surface area (Å²) in [6.07, 6.45) is -4.47. The van der Waals surface area contributed by atoms with Gasteiger partial charge in [-0.1, -0.05) is 18.2 Å². The van der Waals surface area contributed by atoms with Crippen molar-refractivity contribution in [1.29, 1.82) is 0 Å². The second-order valence-corrected chi connectivity index (χ2v) is 7.53. The summed E-state index contributed by atoms with van der Waals surface area (Å²) in [6.45, 7) is 0. The largest absolute Gasteiger partial charge is 0.480 e. The van der Waals surface area contributed by atoms with Crippen molar-refractivity contribution in [2.24, 2.45) is 0 Å². The predicted molar refractivity (Wildman–Crippen MR) is 98.8 cm³/mol. The number of hydrogen-bond acceptors (Lipinski definition) is 5. The highest BCUT2D eigenvalue weighted by atomic mass is 32.2. The van der Waals surface area contributed by atoms with Gasteiger partial charge in [0, 0.05) is 25.4 Å². The number of alkyl halides is 3. The van der Waals surface area contributed by atoms with E-state index in [-0.39, 0.29) is 16.9 Å². The van der Waals surface area contributed by atoms with Crippen LogP contribution in [0.5, 0.6) is 0 Å². The number of carbonyl (C=O) groups is 1. The van der Waals surface area contributed by atoms with Gasteiger partial charge in [-0.05, 0) is 23.8 Å². The Kier molecular flexibility index (Phi) is 5.34. The van der Waals surface area contributed by atoms with Crippen LogP contribution < -0.4 is 10.2 Å². The second-order valence-electron chi connectivity index (χ2n) is 6.39. The van der Waals surface area contributed by atoms with Crippen LogP contribution in [0.15, 0.2) is 36.4 Å². The van der Waals surface area contributed by atoms with Crippen molar-refractivity contribution in [3.05, 3.63) is 47.5 Å². The Morgan fingerprint density at radius 1 is 1.30 bits per heavy atom. The number of anilines is 1. The highest BCUT2D eigenvalue weighted by Gasteiger charge is 2.33. The summed E-state index contributed by atoms with van der Waals surface area (Å²) in [4.78, 5) is 17.0. The van der Waals surface area contributed by atoms with Gasteiger partial charge < -0.3 is 10.0 Å². The molecule has 2 aromatic rings. The molecule has 0 amide bonds. The first-order chi connectivity index (χ1) is 12.6. The van der Waals surface area contributed by atoms with Crippen molar-refractivity contribution in [1.82, 2.24) is 10.3 Å². The van der Waals surface area contributed by atoms with E-state index in [0.29, 0.717) is 11.3 Å². The van der Waals surface area contributed by atoms with Crippen LogP contribution in [0.4, 0.5) is 19.0 Å². The minimum Gasteiger partial charge on any atom is -0.480 e. The predicted octanol–water partition coefficient (Wildman–Crippen LogP) is 3.62. The zero-order valence-electron chi connectivity index (χ0n) is 14.6. The molecule has 0 radical (unpaired) electrons. The number of nitrogens with one attached hydrogen (secondary N) is 1. The average molecular weight is 397 g/mol. The Hall–Kier alpha value is -2.26. The number of nitrogens with zero attached hydrogens (tertiary/aromatic N) is 2. The summed E-state index contributed by atoms with van der Waals surface area (Å²) >= 11 is 1.45. The third kappa shape index (κ3) is 4.36. The minimum atomic E-state index is -4.47. The molecule has 2 atom stereocenters. The third-order valence-corrected chi connectivity index (χ3v) is 5.43. The fraction of sp³-hybridized carbons (Fsp3) is 0.333. The molecule has 1 aliphatic rings. The summed E-state index contributed by atoms with van der Waals surface area (Å²) < 4.78 is 39.8. The normalized spacial score (nSPS) is 19.9. The SMILES string of the molecule is CN(C)c1cc(C(F)(F)F)cc(-c2cccc(C3N[C@H](C(=O)O)CS3)c2)n1. The number of carboxylic acids is 1. The first kappa shape index (κ1) is 19.5. The molecule has 27 heavy (non-hydrogen) atoms. The molecule has 2 N–H and O–H groups in total. The van der Waals surface area contributed by atoms with Gasteiger partial charge in [0.05, 0.1) is 16.6 Å². The van der Waals surface area contributed by atoms with Gasteiger partial charge in [0.25, 0.3) is 0 Å². The fourth-order valence-electron chi connectivity index (χ4n) is 2.72. The zero-order chi connectivity index (χ0) is 19.8. The minimum absolute atomic E-state index is 0.213. The zero-order valence-corrected chi connectivity index (χ0v) is 15.4.